The van der Waals surface area contributed by atoms with E-state index in [9.17, 15) is 0 Å². The summed E-state index contributed by atoms with van der Waals surface area (Å²) in [5, 5.41) is 9.57. The maximum absolute atomic E-state index is 5.69. The largest absolute Gasteiger partial charge is 0.490 e. The van der Waals surface area contributed by atoms with Crippen molar-refractivity contribution in [3.63, 3.8) is 0 Å². The maximum Gasteiger partial charge on any atom is 0.161 e. The van der Waals surface area contributed by atoms with E-state index in [4.69, 9.17) is 9.47 Å². The van der Waals surface area contributed by atoms with Gasteiger partial charge in [0, 0.05) is 5.38 Å². The molecule has 0 radical (unpaired) electrons. The number of ether oxygens (including phenoxy) is 2. The van der Waals surface area contributed by atoms with Crippen LogP contribution in [0.3, 0.4) is 0 Å². The number of aromatic nitrogens is 2. The first-order valence-corrected chi connectivity index (χ1v) is 8.03. The lowest BCUT2D eigenvalue weighted by molar-refractivity contribution is 0.287. The van der Waals surface area contributed by atoms with Gasteiger partial charge >= 0.3 is 0 Å². The minimum Gasteiger partial charge on any atom is -0.490 e. The van der Waals surface area contributed by atoms with Gasteiger partial charge in [0.05, 0.1) is 24.9 Å². The molecule has 0 bridgehead atoms. The third-order valence-electron chi connectivity index (χ3n) is 2.98. The van der Waals surface area contributed by atoms with E-state index in [1.54, 1.807) is 0 Å². The number of hydrogen-bond donors (Lipinski definition) is 1. The summed E-state index contributed by atoms with van der Waals surface area (Å²) in [4.78, 5) is 0. The summed E-state index contributed by atoms with van der Waals surface area (Å²) in [5.74, 6) is 1.54. The highest BCUT2D eigenvalue weighted by atomic mass is 32.1. The van der Waals surface area contributed by atoms with Crippen LogP contribution >= 0.6 is 11.5 Å². The minimum atomic E-state index is 0.0173. The second-order valence-electron chi connectivity index (χ2n) is 4.39. The Hall–Kier alpha value is -1.66. The second-order valence-corrected chi connectivity index (χ2v) is 5.00. The van der Waals surface area contributed by atoms with Gasteiger partial charge in [-0.1, -0.05) is 17.5 Å². The van der Waals surface area contributed by atoms with Gasteiger partial charge in [0.1, 0.15) is 0 Å². The van der Waals surface area contributed by atoms with Crippen molar-refractivity contribution in [2.75, 3.05) is 19.8 Å². The van der Waals surface area contributed by atoms with Crippen LogP contribution in [0.2, 0.25) is 0 Å². The highest BCUT2D eigenvalue weighted by molar-refractivity contribution is 7.03. The van der Waals surface area contributed by atoms with Crippen LogP contribution in [-0.2, 0) is 0 Å². The monoisotopic (exact) mass is 307 g/mol. The van der Waals surface area contributed by atoms with Crippen LogP contribution in [0.5, 0.6) is 11.5 Å². The lowest BCUT2D eigenvalue weighted by atomic mass is 10.0. The summed E-state index contributed by atoms with van der Waals surface area (Å²) >= 11 is 1.36. The molecule has 114 valence electrons. The van der Waals surface area contributed by atoms with E-state index in [-0.39, 0.29) is 6.04 Å². The summed E-state index contributed by atoms with van der Waals surface area (Å²) in [6.45, 7) is 8.07. The molecule has 1 aromatic heterocycles. The Kier molecular flexibility index (Phi) is 5.95. The molecular weight excluding hydrogens is 286 g/mol. The molecule has 0 amide bonds. The molecule has 0 fully saturated rings. The van der Waals surface area contributed by atoms with Crippen LogP contribution in [0.4, 0.5) is 0 Å². The summed E-state index contributed by atoms with van der Waals surface area (Å²) in [6.07, 6.45) is 0. The lowest BCUT2D eigenvalue weighted by Crippen LogP contribution is -2.22. The van der Waals surface area contributed by atoms with Crippen molar-refractivity contribution in [1.29, 1.82) is 0 Å². The predicted molar refractivity (Wildman–Crippen MR) is 84.2 cm³/mol. The Morgan fingerprint density at radius 2 is 1.90 bits per heavy atom. The molecule has 5 nitrogen and oxygen atoms in total. The van der Waals surface area contributed by atoms with Crippen LogP contribution in [0, 0.1) is 0 Å². The normalized spacial score (nSPS) is 12.1. The Morgan fingerprint density at radius 1 is 1.14 bits per heavy atom. The lowest BCUT2D eigenvalue weighted by Gasteiger charge is -2.18. The molecule has 2 rings (SSSR count). The minimum absolute atomic E-state index is 0.0173. The molecule has 0 aliphatic rings. The molecule has 1 aromatic carbocycles. The molecule has 6 heteroatoms. The topological polar surface area (TPSA) is 56.3 Å². The number of rotatable bonds is 8. The molecule has 0 saturated carbocycles. The quantitative estimate of drug-likeness (QED) is 0.812. The van der Waals surface area contributed by atoms with E-state index < -0.39 is 0 Å². The first kappa shape index (κ1) is 15.7. The van der Waals surface area contributed by atoms with E-state index in [2.05, 4.69) is 21.8 Å². The number of nitrogens with zero attached hydrogens (tertiary/aromatic N) is 2. The van der Waals surface area contributed by atoms with Crippen molar-refractivity contribution < 1.29 is 9.47 Å². The van der Waals surface area contributed by atoms with E-state index >= 15 is 0 Å². The molecule has 1 heterocycles. The molecule has 1 atom stereocenters. The Balaban J connectivity index is 2.34. The van der Waals surface area contributed by atoms with Gasteiger partial charge in [-0.05, 0) is 49.6 Å². The van der Waals surface area contributed by atoms with Gasteiger partial charge in [0.15, 0.2) is 11.5 Å². The van der Waals surface area contributed by atoms with Gasteiger partial charge in [-0.15, -0.1) is 5.10 Å². The van der Waals surface area contributed by atoms with Gasteiger partial charge in [-0.3, -0.25) is 0 Å². The van der Waals surface area contributed by atoms with Crippen LogP contribution in [0.15, 0.2) is 23.6 Å². The summed E-state index contributed by atoms with van der Waals surface area (Å²) in [6, 6.07) is 6.03. The fraction of sp³-hybridized carbons (Fsp3) is 0.467. The molecule has 0 aliphatic heterocycles. The SMILES string of the molecule is CCNC(c1ccc(OCC)c(OCC)c1)c1csnn1. The Bertz CT molecular complexity index is 546. The standard InChI is InChI=1S/C15H21N3O2S/c1-4-16-15(12-10-21-18-17-12)11-7-8-13(19-5-2)14(9-11)20-6-3/h7-10,15-16H,4-6H2,1-3H3. The molecule has 0 saturated heterocycles. The predicted octanol–water partition coefficient (Wildman–Crippen LogP) is 3.03. The zero-order valence-corrected chi connectivity index (χ0v) is 13.4. The molecule has 1 unspecified atom stereocenters. The van der Waals surface area contributed by atoms with E-state index in [0.717, 1.165) is 29.3 Å². The highest BCUT2D eigenvalue weighted by Crippen LogP contribution is 2.32. The van der Waals surface area contributed by atoms with Crippen LogP contribution in [0.1, 0.15) is 38.1 Å². The van der Waals surface area contributed by atoms with Gasteiger partial charge in [-0.25, -0.2) is 0 Å². The van der Waals surface area contributed by atoms with E-state index in [0.29, 0.717) is 13.2 Å². The number of benzene rings is 1. The molecule has 2 aromatic rings. The third-order valence-corrected chi connectivity index (χ3v) is 3.50. The zero-order valence-electron chi connectivity index (χ0n) is 12.6. The average Bonchev–Trinajstić information content (AvgIpc) is 3.01. The van der Waals surface area contributed by atoms with Gasteiger partial charge in [-0.2, -0.15) is 0 Å². The van der Waals surface area contributed by atoms with Gasteiger partial charge < -0.3 is 14.8 Å². The summed E-state index contributed by atoms with van der Waals surface area (Å²) in [7, 11) is 0. The van der Waals surface area contributed by atoms with Crippen molar-refractivity contribution in [3.05, 3.63) is 34.8 Å². The fourth-order valence-electron chi connectivity index (χ4n) is 2.14. The van der Waals surface area contributed by atoms with Gasteiger partial charge in [0.25, 0.3) is 0 Å². The summed E-state index contributed by atoms with van der Waals surface area (Å²) < 4.78 is 15.2. The maximum atomic E-state index is 5.69. The molecule has 0 spiro atoms. The van der Waals surface area contributed by atoms with Gasteiger partial charge in [0.2, 0.25) is 0 Å². The number of nitrogens with one attached hydrogen (secondary N) is 1. The first-order valence-electron chi connectivity index (χ1n) is 7.20. The first-order chi connectivity index (χ1) is 10.3. The van der Waals surface area contributed by atoms with Crippen molar-refractivity contribution >= 4 is 11.5 Å². The average molecular weight is 307 g/mol. The smallest absolute Gasteiger partial charge is 0.161 e. The highest BCUT2D eigenvalue weighted by Gasteiger charge is 2.18. The van der Waals surface area contributed by atoms with Crippen molar-refractivity contribution in [2.24, 2.45) is 0 Å². The molecular formula is C15H21N3O2S. The molecule has 21 heavy (non-hydrogen) atoms. The molecule has 1 N–H and O–H groups in total. The number of hydrogen-bond acceptors (Lipinski definition) is 6. The third kappa shape index (κ3) is 3.92. The van der Waals surface area contributed by atoms with Crippen molar-refractivity contribution in [3.8, 4) is 11.5 Å². The summed E-state index contributed by atoms with van der Waals surface area (Å²) in [5.41, 5.74) is 2.02. The molecule has 0 aliphatic carbocycles. The van der Waals surface area contributed by atoms with Crippen molar-refractivity contribution in [1.82, 2.24) is 14.9 Å². The zero-order chi connectivity index (χ0) is 15.1. The van der Waals surface area contributed by atoms with Crippen LogP contribution < -0.4 is 14.8 Å². The Morgan fingerprint density at radius 3 is 2.52 bits per heavy atom. The van der Waals surface area contributed by atoms with E-state index in [1.165, 1.54) is 11.5 Å². The van der Waals surface area contributed by atoms with Crippen LogP contribution in [-0.4, -0.2) is 29.3 Å². The fourth-order valence-corrected chi connectivity index (χ4v) is 2.62. The van der Waals surface area contributed by atoms with Crippen molar-refractivity contribution in [2.45, 2.75) is 26.8 Å². The second kappa shape index (κ2) is 7.95. The van der Waals surface area contributed by atoms with E-state index in [1.807, 2.05) is 37.4 Å². The Labute approximate surface area is 129 Å². The van der Waals surface area contributed by atoms with Crippen LogP contribution in [0.25, 0.3) is 0 Å².